The Kier molecular flexibility index (Phi) is 6.92. The van der Waals surface area contributed by atoms with E-state index in [-0.39, 0.29) is 29.5 Å². The zero-order chi connectivity index (χ0) is 18.4. The van der Waals surface area contributed by atoms with Crippen LogP contribution in [0.15, 0.2) is 23.7 Å². The number of ether oxygens (including phenoxy) is 1. The van der Waals surface area contributed by atoms with Gasteiger partial charge >= 0.3 is 5.97 Å². The summed E-state index contributed by atoms with van der Waals surface area (Å²) in [5, 5.41) is 4.82. The molecular weight excluding hydrogens is 387 g/mol. The lowest BCUT2D eigenvalue weighted by molar-refractivity contribution is -0.147. The van der Waals surface area contributed by atoms with Gasteiger partial charge in [-0.05, 0) is 23.9 Å². The van der Waals surface area contributed by atoms with Crippen LogP contribution in [-0.4, -0.2) is 29.3 Å². The summed E-state index contributed by atoms with van der Waals surface area (Å²) in [4.78, 5) is 39.7. The van der Waals surface area contributed by atoms with Gasteiger partial charge in [0.25, 0.3) is 5.91 Å². The third-order valence-electron chi connectivity index (χ3n) is 3.18. The molecule has 0 aliphatic carbocycles. The zero-order valence-corrected chi connectivity index (χ0v) is 15.5. The fourth-order valence-corrected chi connectivity index (χ4v) is 2.89. The van der Waals surface area contributed by atoms with E-state index in [4.69, 9.17) is 27.9 Å². The molecule has 2 aromatic heterocycles. The van der Waals surface area contributed by atoms with Crippen molar-refractivity contribution in [1.82, 2.24) is 4.98 Å². The van der Waals surface area contributed by atoms with Gasteiger partial charge in [0.1, 0.15) is 0 Å². The lowest BCUT2D eigenvalue weighted by Crippen LogP contribution is -2.22. The van der Waals surface area contributed by atoms with Crippen molar-refractivity contribution < 1.29 is 19.1 Å². The molecule has 0 unspecified atom stereocenters. The number of halogens is 2. The number of amides is 1. The molecule has 0 radical (unpaired) electrons. The molecule has 9 heteroatoms. The van der Waals surface area contributed by atoms with E-state index in [1.165, 1.54) is 17.5 Å². The summed E-state index contributed by atoms with van der Waals surface area (Å²) in [7, 11) is 0. The zero-order valence-electron chi connectivity index (χ0n) is 13.2. The Balaban J connectivity index is 1.77. The third-order valence-corrected chi connectivity index (χ3v) is 4.93. The monoisotopic (exact) mass is 400 g/mol. The molecule has 0 bridgehead atoms. The number of pyridine rings is 1. The second kappa shape index (κ2) is 8.94. The van der Waals surface area contributed by atoms with Crippen molar-refractivity contribution >= 4 is 58.0 Å². The molecule has 0 saturated heterocycles. The van der Waals surface area contributed by atoms with E-state index < -0.39 is 18.5 Å². The molecule has 0 saturated carbocycles. The molecule has 1 N–H and O–H groups in total. The molecule has 2 aromatic rings. The normalized spacial score (nSPS) is 10.4. The van der Waals surface area contributed by atoms with Gasteiger partial charge in [-0.1, -0.05) is 29.3 Å². The Bertz CT molecular complexity index is 794. The van der Waals surface area contributed by atoms with Crippen molar-refractivity contribution in [3.63, 3.8) is 0 Å². The van der Waals surface area contributed by atoms with Gasteiger partial charge in [0, 0.05) is 12.6 Å². The van der Waals surface area contributed by atoms with Crippen LogP contribution >= 0.6 is 34.5 Å². The first-order valence-corrected chi connectivity index (χ1v) is 8.85. The summed E-state index contributed by atoms with van der Waals surface area (Å²) in [6.07, 6.45) is 1.30. The van der Waals surface area contributed by atoms with Crippen LogP contribution in [0.5, 0.6) is 0 Å². The van der Waals surface area contributed by atoms with Gasteiger partial charge in [0.05, 0.1) is 21.3 Å². The average molecular weight is 401 g/mol. The first-order chi connectivity index (χ1) is 11.9. The molecule has 2 heterocycles. The number of carbonyl (C=O) groups is 3. The number of anilines is 1. The van der Waals surface area contributed by atoms with Gasteiger partial charge in [0.2, 0.25) is 0 Å². The largest absolute Gasteiger partial charge is 0.456 e. The molecule has 0 aliphatic heterocycles. The number of aromatic nitrogens is 1. The number of thiophene rings is 1. The van der Waals surface area contributed by atoms with Crippen molar-refractivity contribution in [2.75, 3.05) is 11.9 Å². The van der Waals surface area contributed by atoms with Crippen LogP contribution in [0.3, 0.4) is 0 Å². The Morgan fingerprint density at radius 3 is 2.72 bits per heavy atom. The second-order valence-corrected chi connectivity index (χ2v) is 6.74. The van der Waals surface area contributed by atoms with E-state index in [0.29, 0.717) is 15.5 Å². The van der Waals surface area contributed by atoms with Crippen LogP contribution in [0.2, 0.25) is 10.0 Å². The number of nitrogens with one attached hydrogen (secondary N) is 1. The molecule has 0 fully saturated rings. The minimum absolute atomic E-state index is 0.0325. The minimum Gasteiger partial charge on any atom is -0.456 e. The summed E-state index contributed by atoms with van der Waals surface area (Å²) < 4.78 is 4.84. The predicted molar refractivity (Wildman–Crippen MR) is 96.5 cm³/mol. The molecule has 132 valence electrons. The smallest absolute Gasteiger partial charge is 0.306 e. The molecule has 25 heavy (non-hydrogen) atoms. The van der Waals surface area contributed by atoms with Gasteiger partial charge < -0.3 is 10.1 Å². The van der Waals surface area contributed by atoms with E-state index in [2.05, 4.69) is 10.3 Å². The van der Waals surface area contributed by atoms with Crippen LogP contribution in [0.25, 0.3) is 0 Å². The van der Waals surface area contributed by atoms with Gasteiger partial charge in [-0.15, -0.1) is 11.3 Å². The van der Waals surface area contributed by atoms with Gasteiger partial charge in [-0.25, -0.2) is 4.98 Å². The minimum atomic E-state index is -0.633. The van der Waals surface area contributed by atoms with Crippen molar-refractivity contribution in [1.29, 1.82) is 0 Å². The summed E-state index contributed by atoms with van der Waals surface area (Å²) in [5.41, 5.74) is 0.581. The second-order valence-electron chi connectivity index (χ2n) is 5.00. The fourth-order valence-electron chi connectivity index (χ4n) is 1.81. The Hall–Kier alpha value is -1.96. The van der Waals surface area contributed by atoms with Crippen molar-refractivity contribution in [3.05, 3.63) is 44.2 Å². The quantitative estimate of drug-likeness (QED) is 0.562. The Morgan fingerprint density at radius 1 is 1.28 bits per heavy atom. The molecule has 0 spiro atoms. The highest BCUT2D eigenvalue weighted by atomic mass is 35.5. The summed E-state index contributed by atoms with van der Waals surface area (Å²) in [6.45, 7) is 1.19. The van der Waals surface area contributed by atoms with Crippen LogP contribution < -0.4 is 5.32 Å². The SMILES string of the molecule is Cc1c(Cl)cnc(NC(=O)COC(=O)CCC(=O)c2cccs2)c1Cl. The topological polar surface area (TPSA) is 85.4 Å². The van der Waals surface area contributed by atoms with Crippen LogP contribution in [0.1, 0.15) is 28.1 Å². The summed E-state index contributed by atoms with van der Waals surface area (Å²) >= 11 is 13.2. The van der Waals surface area contributed by atoms with Crippen molar-refractivity contribution in [3.8, 4) is 0 Å². The number of hydrogen-bond acceptors (Lipinski definition) is 6. The fraction of sp³-hybridized carbons (Fsp3) is 0.250. The van der Waals surface area contributed by atoms with E-state index in [1.54, 1.807) is 24.4 Å². The van der Waals surface area contributed by atoms with Crippen LogP contribution in [0, 0.1) is 6.92 Å². The molecular formula is C16H14Cl2N2O4S. The summed E-state index contributed by atoms with van der Waals surface area (Å²) in [6, 6.07) is 3.45. The molecule has 0 atom stereocenters. The van der Waals surface area contributed by atoms with Crippen molar-refractivity contribution in [2.45, 2.75) is 19.8 Å². The van der Waals surface area contributed by atoms with Gasteiger partial charge in [-0.2, -0.15) is 0 Å². The number of esters is 1. The maximum Gasteiger partial charge on any atom is 0.306 e. The maximum absolute atomic E-state index is 11.8. The average Bonchev–Trinajstić information content (AvgIpc) is 3.13. The Morgan fingerprint density at radius 2 is 2.04 bits per heavy atom. The standard InChI is InChI=1S/C16H14Cl2N2O4S/c1-9-10(17)7-19-16(15(9)18)20-13(22)8-24-14(23)5-4-11(21)12-3-2-6-25-12/h2-3,6-7H,4-5,8H2,1H3,(H,19,20,22). The van der Waals surface area contributed by atoms with Crippen LogP contribution in [0.4, 0.5) is 5.82 Å². The lowest BCUT2D eigenvalue weighted by Gasteiger charge is -2.09. The number of nitrogens with zero attached hydrogens (tertiary/aromatic N) is 1. The number of carbonyl (C=O) groups excluding carboxylic acids is 3. The molecule has 0 aromatic carbocycles. The highest BCUT2D eigenvalue weighted by Gasteiger charge is 2.15. The van der Waals surface area contributed by atoms with Gasteiger partial charge in [0.15, 0.2) is 18.2 Å². The highest BCUT2D eigenvalue weighted by molar-refractivity contribution is 7.12. The molecule has 6 nitrogen and oxygen atoms in total. The first kappa shape index (κ1) is 19.4. The van der Waals surface area contributed by atoms with Crippen molar-refractivity contribution in [2.24, 2.45) is 0 Å². The highest BCUT2D eigenvalue weighted by Crippen LogP contribution is 2.28. The molecule has 0 aliphatic rings. The van der Waals surface area contributed by atoms with E-state index in [1.807, 2.05) is 0 Å². The van der Waals surface area contributed by atoms with Crippen LogP contribution in [-0.2, 0) is 14.3 Å². The molecule has 1 amide bonds. The third kappa shape index (κ3) is 5.52. The first-order valence-electron chi connectivity index (χ1n) is 7.21. The number of hydrogen-bond donors (Lipinski definition) is 1. The lowest BCUT2D eigenvalue weighted by atomic mass is 10.2. The van der Waals surface area contributed by atoms with E-state index in [9.17, 15) is 14.4 Å². The molecule has 2 rings (SSSR count). The van der Waals surface area contributed by atoms with E-state index in [0.717, 1.165) is 0 Å². The van der Waals surface area contributed by atoms with Gasteiger partial charge in [-0.3, -0.25) is 14.4 Å². The predicted octanol–water partition coefficient (Wildman–Crippen LogP) is 3.90. The number of ketones is 1. The summed E-state index contributed by atoms with van der Waals surface area (Å²) in [5.74, 6) is -1.22. The van der Waals surface area contributed by atoms with E-state index >= 15 is 0 Å². The number of rotatable bonds is 7. The maximum atomic E-state index is 11.8. The Labute approximate surface area is 158 Å². The number of Topliss-reactive ketones (excluding diaryl/α,β-unsaturated/α-hetero) is 1.